The lowest BCUT2D eigenvalue weighted by Crippen LogP contribution is -2.03. The number of aromatic nitrogens is 3. The van der Waals surface area contributed by atoms with Gasteiger partial charge in [0.2, 0.25) is 0 Å². The minimum absolute atomic E-state index is 0.721. The first-order chi connectivity index (χ1) is 11.3. The quantitative estimate of drug-likeness (QED) is 0.587. The summed E-state index contributed by atoms with van der Waals surface area (Å²) in [5.41, 5.74) is 10.7. The maximum atomic E-state index is 5.94. The highest BCUT2D eigenvalue weighted by Gasteiger charge is 2.13. The molecule has 0 unspecified atom stereocenters. The lowest BCUT2D eigenvalue weighted by Gasteiger charge is -2.09. The Labute approximate surface area is 134 Å². The van der Waals surface area contributed by atoms with Crippen molar-refractivity contribution in [3.05, 3.63) is 78.5 Å². The van der Waals surface area contributed by atoms with Gasteiger partial charge in [0.25, 0.3) is 0 Å². The van der Waals surface area contributed by atoms with Crippen LogP contribution in [0, 0.1) is 0 Å². The van der Waals surface area contributed by atoms with Crippen molar-refractivity contribution in [1.29, 1.82) is 0 Å². The van der Waals surface area contributed by atoms with Gasteiger partial charge in [0.1, 0.15) is 11.3 Å². The van der Waals surface area contributed by atoms with Crippen LogP contribution in [0.25, 0.3) is 22.6 Å². The zero-order valence-corrected chi connectivity index (χ0v) is 12.6. The summed E-state index contributed by atoms with van der Waals surface area (Å²) in [7, 11) is 0. The second-order valence-electron chi connectivity index (χ2n) is 5.48. The minimum atomic E-state index is 0.721. The molecular weight excluding hydrogens is 284 g/mol. The van der Waals surface area contributed by atoms with Crippen molar-refractivity contribution in [2.75, 3.05) is 5.73 Å². The summed E-state index contributed by atoms with van der Waals surface area (Å²) in [6, 6.07) is 22.0. The van der Waals surface area contributed by atoms with Gasteiger partial charge >= 0.3 is 0 Å². The van der Waals surface area contributed by atoms with Gasteiger partial charge in [-0.3, -0.25) is 0 Å². The first-order valence-electron chi connectivity index (χ1n) is 7.52. The molecule has 4 aromatic rings. The summed E-state index contributed by atoms with van der Waals surface area (Å²) in [5, 5.41) is 0. The van der Waals surface area contributed by atoms with Crippen molar-refractivity contribution < 1.29 is 0 Å². The number of fused-ring (bicyclic) bond motifs is 1. The number of nitrogens with zero attached hydrogens (tertiary/aromatic N) is 3. The van der Waals surface area contributed by atoms with Gasteiger partial charge in [-0.2, -0.15) is 0 Å². The van der Waals surface area contributed by atoms with Gasteiger partial charge in [-0.25, -0.2) is 9.97 Å². The number of hydrogen-bond donors (Lipinski definition) is 1. The van der Waals surface area contributed by atoms with Gasteiger partial charge in [0.15, 0.2) is 5.65 Å². The zero-order valence-electron chi connectivity index (χ0n) is 12.6. The molecule has 2 aromatic carbocycles. The van der Waals surface area contributed by atoms with E-state index in [2.05, 4.69) is 21.7 Å². The first-order valence-corrected chi connectivity index (χ1v) is 7.52. The third kappa shape index (κ3) is 2.55. The number of rotatable bonds is 3. The summed E-state index contributed by atoms with van der Waals surface area (Å²) >= 11 is 0. The predicted octanol–water partition coefficient (Wildman–Crippen LogP) is 3.73. The number of imidazole rings is 1. The highest BCUT2D eigenvalue weighted by molar-refractivity contribution is 5.77. The molecule has 0 spiro atoms. The molecule has 0 saturated heterocycles. The Morgan fingerprint density at radius 3 is 2.61 bits per heavy atom. The molecule has 4 rings (SSSR count). The fraction of sp³-hybridized carbons (Fsp3) is 0.0526. The molecule has 4 nitrogen and oxygen atoms in total. The van der Waals surface area contributed by atoms with Crippen LogP contribution in [0.2, 0.25) is 0 Å². The predicted molar refractivity (Wildman–Crippen MR) is 92.9 cm³/mol. The van der Waals surface area contributed by atoms with E-state index in [1.165, 1.54) is 5.56 Å². The molecule has 2 aromatic heterocycles. The maximum Gasteiger partial charge on any atom is 0.160 e. The van der Waals surface area contributed by atoms with Crippen LogP contribution in [-0.4, -0.2) is 14.5 Å². The van der Waals surface area contributed by atoms with Crippen molar-refractivity contribution in [3.63, 3.8) is 0 Å². The molecule has 0 bridgehead atoms. The molecular formula is C19H16N4. The summed E-state index contributed by atoms with van der Waals surface area (Å²) in [6.07, 6.45) is 1.80. The fourth-order valence-corrected chi connectivity index (χ4v) is 2.77. The normalized spacial score (nSPS) is 11.0. The number of anilines is 1. The van der Waals surface area contributed by atoms with Crippen molar-refractivity contribution in [1.82, 2.24) is 14.5 Å². The van der Waals surface area contributed by atoms with Gasteiger partial charge in [0, 0.05) is 17.4 Å². The number of pyridine rings is 1. The van der Waals surface area contributed by atoms with Crippen LogP contribution in [0.4, 0.5) is 5.69 Å². The third-order valence-electron chi connectivity index (χ3n) is 3.83. The van der Waals surface area contributed by atoms with Crippen molar-refractivity contribution >= 4 is 16.9 Å². The van der Waals surface area contributed by atoms with Crippen LogP contribution in [-0.2, 0) is 6.54 Å². The van der Waals surface area contributed by atoms with Crippen molar-refractivity contribution in [3.8, 4) is 11.4 Å². The Kier molecular flexibility index (Phi) is 3.27. The number of nitrogen functional groups attached to an aromatic ring is 1. The lowest BCUT2D eigenvalue weighted by atomic mass is 10.2. The largest absolute Gasteiger partial charge is 0.399 e. The molecule has 4 heteroatoms. The van der Waals surface area contributed by atoms with Gasteiger partial charge in [-0.05, 0) is 29.8 Å². The van der Waals surface area contributed by atoms with Crippen LogP contribution in [0.15, 0.2) is 72.9 Å². The maximum absolute atomic E-state index is 5.94. The van der Waals surface area contributed by atoms with Crippen molar-refractivity contribution in [2.45, 2.75) is 6.54 Å². The monoisotopic (exact) mass is 300 g/mol. The van der Waals surface area contributed by atoms with Crippen LogP contribution >= 0.6 is 0 Å². The van der Waals surface area contributed by atoms with E-state index in [0.29, 0.717) is 0 Å². The van der Waals surface area contributed by atoms with Crippen LogP contribution in [0.1, 0.15) is 5.56 Å². The Morgan fingerprint density at radius 1 is 0.913 bits per heavy atom. The molecule has 2 N–H and O–H groups in total. The summed E-state index contributed by atoms with van der Waals surface area (Å²) in [6.45, 7) is 0.721. The van der Waals surface area contributed by atoms with Crippen LogP contribution < -0.4 is 5.73 Å². The topological polar surface area (TPSA) is 56.7 Å². The molecule has 0 amide bonds. The zero-order chi connectivity index (χ0) is 15.6. The van der Waals surface area contributed by atoms with Crippen molar-refractivity contribution in [2.24, 2.45) is 0 Å². The van der Waals surface area contributed by atoms with E-state index in [9.17, 15) is 0 Å². The van der Waals surface area contributed by atoms with E-state index in [1.54, 1.807) is 6.20 Å². The van der Waals surface area contributed by atoms with Gasteiger partial charge in [-0.1, -0.05) is 42.5 Å². The van der Waals surface area contributed by atoms with Gasteiger partial charge in [-0.15, -0.1) is 0 Å². The molecule has 112 valence electrons. The van der Waals surface area contributed by atoms with E-state index in [0.717, 1.165) is 34.8 Å². The van der Waals surface area contributed by atoms with E-state index >= 15 is 0 Å². The molecule has 0 fully saturated rings. The molecule has 2 heterocycles. The fourth-order valence-electron chi connectivity index (χ4n) is 2.77. The molecule has 0 saturated carbocycles. The SMILES string of the molecule is Nc1cccc(-c2nc3cccnc3n2Cc2ccccc2)c1. The lowest BCUT2D eigenvalue weighted by molar-refractivity contribution is 0.824. The molecule has 0 aliphatic heterocycles. The van der Waals surface area contributed by atoms with E-state index in [4.69, 9.17) is 10.7 Å². The Bertz CT molecular complexity index is 957. The molecule has 23 heavy (non-hydrogen) atoms. The minimum Gasteiger partial charge on any atom is -0.399 e. The van der Waals surface area contributed by atoms with E-state index in [1.807, 2.05) is 54.6 Å². The molecule has 0 aliphatic rings. The highest BCUT2D eigenvalue weighted by atomic mass is 15.1. The molecule has 0 atom stereocenters. The first kappa shape index (κ1) is 13.5. The second-order valence-corrected chi connectivity index (χ2v) is 5.48. The smallest absolute Gasteiger partial charge is 0.160 e. The number of nitrogens with two attached hydrogens (primary N) is 1. The third-order valence-corrected chi connectivity index (χ3v) is 3.83. The Balaban J connectivity index is 1.91. The van der Waals surface area contributed by atoms with E-state index < -0.39 is 0 Å². The highest BCUT2D eigenvalue weighted by Crippen LogP contribution is 2.25. The number of hydrogen-bond acceptors (Lipinski definition) is 3. The Hall–Kier alpha value is -3.14. The van der Waals surface area contributed by atoms with E-state index in [-0.39, 0.29) is 0 Å². The summed E-state index contributed by atoms with van der Waals surface area (Å²) in [4.78, 5) is 9.28. The number of benzene rings is 2. The Morgan fingerprint density at radius 2 is 1.78 bits per heavy atom. The standard InChI is InChI=1S/C19H16N4/c20-16-9-4-8-15(12-16)18-22-17-10-5-11-21-19(17)23(18)13-14-6-2-1-3-7-14/h1-12H,13,20H2. The summed E-state index contributed by atoms with van der Waals surface area (Å²) < 4.78 is 2.14. The van der Waals surface area contributed by atoms with Crippen LogP contribution in [0.3, 0.4) is 0 Å². The summed E-state index contributed by atoms with van der Waals surface area (Å²) in [5.74, 6) is 0.884. The van der Waals surface area contributed by atoms with Gasteiger partial charge < -0.3 is 10.3 Å². The van der Waals surface area contributed by atoms with Gasteiger partial charge in [0.05, 0.1) is 6.54 Å². The average Bonchev–Trinajstić information content (AvgIpc) is 2.95. The molecule has 0 aliphatic carbocycles. The molecule has 0 radical (unpaired) electrons. The van der Waals surface area contributed by atoms with Crippen LogP contribution in [0.5, 0.6) is 0 Å². The average molecular weight is 300 g/mol. The second kappa shape index (κ2) is 5.57.